The molecule has 0 radical (unpaired) electrons. The van der Waals surface area contributed by atoms with E-state index in [9.17, 15) is 4.79 Å². The number of halogens is 2. The van der Waals surface area contributed by atoms with Crippen LogP contribution in [0.15, 0.2) is 18.2 Å². The molecule has 0 saturated carbocycles. The van der Waals surface area contributed by atoms with Gasteiger partial charge in [0, 0.05) is 12.6 Å². The molecule has 1 fully saturated rings. The van der Waals surface area contributed by atoms with Gasteiger partial charge in [-0.2, -0.15) is 0 Å². The van der Waals surface area contributed by atoms with Gasteiger partial charge in [0.15, 0.2) is 0 Å². The lowest BCUT2D eigenvalue weighted by Crippen LogP contribution is -2.37. The lowest BCUT2D eigenvalue weighted by molar-refractivity contribution is -0.120. The number of hydrogen-bond acceptors (Lipinski definition) is 2. The van der Waals surface area contributed by atoms with Crippen LogP contribution in [0.1, 0.15) is 18.4 Å². The molecule has 0 spiro atoms. The standard InChI is InChI=1S/C13H16Cl2N2O/c14-11-4-3-9(6-12(11)15)7-13(18)17-8-10-2-1-5-16-10/h3-4,6,10,16H,1-2,5,7-8H2,(H,17,18). The van der Waals surface area contributed by atoms with Crippen LogP contribution in [0.25, 0.3) is 0 Å². The molecule has 0 aliphatic carbocycles. The second kappa shape index (κ2) is 6.41. The number of hydrogen-bond donors (Lipinski definition) is 2. The van der Waals surface area contributed by atoms with Crippen molar-refractivity contribution in [2.45, 2.75) is 25.3 Å². The van der Waals surface area contributed by atoms with Crippen molar-refractivity contribution in [3.63, 3.8) is 0 Å². The maximum atomic E-state index is 11.8. The highest BCUT2D eigenvalue weighted by Gasteiger charge is 2.14. The minimum atomic E-state index is 0.0158. The van der Waals surface area contributed by atoms with Gasteiger partial charge in [-0.05, 0) is 37.1 Å². The normalized spacial score (nSPS) is 18.9. The molecule has 0 bridgehead atoms. The minimum Gasteiger partial charge on any atom is -0.354 e. The first-order chi connectivity index (χ1) is 8.65. The lowest BCUT2D eigenvalue weighted by atomic mass is 10.1. The fraction of sp³-hybridized carbons (Fsp3) is 0.462. The van der Waals surface area contributed by atoms with Crippen LogP contribution in [-0.4, -0.2) is 25.0 Å². The van der Waals surface area contributed by atoms with E-state index >= 15 is 0 Å². The van der Waals surface area contributed by atoms with Crippen molar-refractivity contribution in [3.05, 3.63) is 33.8 Å². The minimum absolute atomic E-state index is 0.0158. The Morgan fingerprint density at radius 2 is 2.22 bits per heavy atom. The van der Waals surface area contributed by atoms with E-state index in [0.29, 0.717) is 29.1 Å². The van der Waals surface area contributed by atoms with Crippen molar-refractivity contribution < 1.29 is 4.79 Å². The average Bonchev–Trinajstić information content (AvgIpc) is 2.84. The van der Waals surface area contributed by atoms with Gasteiger partial charge in [0.05, 0.1) is 16.5 Å². The highest BCUT2D eigenvalue weighted by atomic mass is 35.5. The molecule has 1 aromatic rings. The van der Waals surface area contributed by atoms with Gasteiger partial charge in [0.1, 0.15) is 0 Å². The second-order valence-electron chi connectivity index (χ2n) is 4.52. The first-order valence-electron chi connectivity index (χ1n) is 6.09. The van der Waals surface area contributed by atoms with Crippen LogP contribution in [0.3, 0.4) is 0 Å². The van der Waals surface area contributed by atoms with Crippen LogP contribution < -0.4 is 10.6 Å². The molecule has 18 heavy (non-hydrogen) atoms. The van der Waals surface area contributed by atoms with Crippen LogP contribution in [0.2, 0.25) is 10.0 Å². The summed E-state index contributed by atoms with van der Waals surface area (Å²) in [5, 5.41) is 7.26. The summed E-state index contributed by atoms with van der Waals surface area (Å²) in [5.41, 5.74) is 0.876. The first kappa shape index (κ1) is 13.7. The highest BCUT2D eigenvalue weighted by molar-refractivity contribution is 6.42. The Labute approximate surface area is 117 Å². The zero-order chi connectivity index (χ0) is 13.0. The van der Waals surface area contributed by atoms with Gasteiger partial charge < -0.3 is 10.6 Å². The molecule has 1 heterocycles. The summed E-state index contributed by atoms with van der Waals surface area (Å²) in [5.74, 6) is 0.0158. The molecule has 1 saturated heterocycles. The molecule has 3 nitrogen and oxygen atoms in total. The third kappa shape index (κ3) is 3.87. The molecule has 2 rings (SSSR count). The van der Waals surface area contributed by atoms with Crippen LogP contribution in [0.4, 0.5) is 0 Å². The topological polar surface area (TPSA) is 41.1 Å². The van der Waals surface area contributed by atoms with E-state index in [2.05, 4.69) is 10.6 Å². The van der Waals surface area contributed by atoms with Crippen molar-refractivity contribution in [1.29, 1.82) is 0 Å². The van der Waals surface area contributed by atoms with Gasteiger partial charge in [-0.1, -0.05) is 29.3 Å². The van der Waals surface area contributed by atoms with Crippen LogP contribution in [0, 0.1) is 0 Å². The van der Waals surface area contributed by atoms with Gasteiger partial charge in [-0.25, -0.2) is 0 Å². The molecule has 0 aromatic heterocycles. The third-order valence-corrected chi connectivity index (χ3v) is 3.80. The van der Waals surface area contributed by atoms with Gasteiger partial charge in [0.25, 0.3) is 0 Å². The Bertz CT molecular complexity index is 431. The largest absolute Gasteiger partial charge is 0.354 e. The molecule has 98 valence electrons. The molecule has 1 atom stereocenters. The van der Waals surface area contributed by atoms with Crippen LogP contribution >= 0.6 is 23.2 Å². The van der Waals surface area contributed by atoms with E-state index in [1.54, 1.807) is 12.1 Å². The van der Waals surface area contributed by atoms with Gasteiger partial charge in [-0.3, -0.25) is 4.79 Å². The van der Waals surface area contributed by atoms with Crippen molar-refractivity contribution in [2.24, 2.45) is 0 Å². The number of benzene rings is 1. The van der Waals surface area contributed by atoms with E-state index < -0.39 is 0 Å². The zero-order valence-corrected chi connectivity index (χ0v) is 11.5. The summed E-state index contributed by atoms with van der Waals surface area (Å²) in [7, 11) is 0. The van der Waals surface area contributed by atoms with Gasteiger partial charge >= 0.3 is 0 Å². The predicted octanol–water partition coefficient (Wildman–Crippen LogP) is 2.40. The molecule has 2 N–H and O–H groups in total. The van der Waals surface area contributed by atoms with Gasteiger partial charge in [-0.15, -0.1) is 0 Å². The number of carbonyl (C=O) groups is 1. The van der Waals surface area contributed by atoms with E-state index in [-0.39, 0.29) is 5.91 Å². The first-order valence-corrected chi connectivity index (χ1v) is 6.85. The summed E-state index contributed by atoms with van der Waals surface area (Å²) >= 11 is 11.7. The molecular weight excluding hydrogens is 271 g/mol. The van der Waals surface area contributed by atoms with Gasteiger partial charge in [0.2, 0.25) is 5.91 Å². The van der Waals surface area contributed by atoms with Crippen molar-refractivity contribution >= 4 is 29.1 Å². The van der Waals surface area contributed by atoms with Crippen LogP contribution in [-0.2, 0) is 11.2 Å². The fourth-order valence-corrected chi connectivity index (χ4v) is 2.39. The molecule has 1 aliphatic heterocycles. The summed E-state index contributed by atoms with van der Waals surface area (Å²) in [6.07, 6.45) is 2.66. The van der Waals surface area contributed by atoms with E-state index in [4.69, 9.17) is 23.2 Å². The molecule has 1 unspecified atom stereocenters. The molecule has 1 aliphatic rings. The summed E-state index contributed by atoms with van der Waals surface area (Å²) < 4.78 is 0. The number of carbonyl (C=O) groups excluding carboxylic acids is 1. The average molecular weight is 287 g/mol. The lowest BCUT2D eigenvalue weighted by Gasteiger charge is -2.11. The van der Waals surface area contributed by atoms with E-state index in [0.717, 1.165) is 18.5 Å². The fourth-order valence-electron chi connectivity index (χ4n) is 2.07. The van der Waals surface area contributed by atoms with Crippen molar-refractivity contribution in [2.75, 3.05) is 13.1 Å². The number of rotatable bonds is 4. The molecule has 5 heteroatoms. The van der Waals surface area contributed by atoms with E-state index in [1.807, 2.05) is 6.07 Å². The maximum absolute atomic E-state index is 11.8. The predicted molar refractivity (Wildman–Crippen MR) is 74.2 cm³/mol. The van der Waals surface area contributed by atoms with Crippen molar-refractivity contribution in [1.82, 2.24) is 10.6 Å². The molecule has 1 amide bonds. The SMILES string of the molecule is O=C(Cc1ccc(Cl)c(Cl)c1)NCC1CCCN1. The zero-order valence-electron chi connectivity index (χ0n) is 10.0. The Hall–Kier alpha value is -0.770. The van der Waals surface area contributed by atoms with Crippen LogP contribution in [0.5, 0.6) is 0 Å². The third-order valence-electron chi connectivity index (χ3n) is 3.06. The highest BCUT2D eigenvalue weighted by Crippen LogP contribution is 2.22. The maximum Gasteiger partial charge on any atom is 0.224 e. The monoisotopic (exact) mass is 286 g/mol. The Morgan fingerprint density at radius 3 is 2.89 bits per heavy atom. The molecular formula is C13H16Cl2N2O. The molecule has 1 aromatic carbocycles. The number of nitrogens with one attached hydrogen (secondary N) is 2. The summed E-state index contributed by atoms with van der Waals surface area (Å²) in [6.45, 7) is 1.74. The van der Waals surface area contributed by atoms with E-state index in [1.165, 1.54) is 6.42 Å². The second-order valence-corrected chi connectivity index (χ2v) is 5.34. The van der Waals surface area contributed by atoms with Crippen molar-refractivity contribution in [3.8, 4) is 0 Å². The summed E-state index contributed by atoms with van der Waals surface area (Å²) in [6, 6.07) is 5.69. The summed E-state index contributed by atoms with van der Waals surface area (Å²) in [4.78, 5) is 11.8. The Balaban J connectivity index is 1.80. The number of amides is 1. The smallest absolute Gasteiger partial charge is 0.224 e. The Morgan fingerprint density at radius 1 is 1.39 bits per heavy atom. The Kier molecular flexibility index (Phi) is 4.87. The quantitative estimate of drug-likeness (QED) is 0.893.